The molecule has 4 rings (SSSR count). The summed E-state index contributed by atoms with van der Waals surface area (Å²) in [6.45, 7) is 0.848. The normalized spacial score (nSPS) is 24.8. The second-order valence-corrected chi connectivity index (χ2v) is 8.98. The highest BCUT2D eigenvalue weighted by Crippen LogP contribution is 2.35. The number of sulfonamides is 1. The van der Waals surface area contributed by atoms with E-state index >= 15 is 0 Å². The van der Waals surface area contributed by atoms with Crippen LogP contribution in [-0.4, -0.2) is 44.1 Å². The van der Waals surface area contributed by atoms with Crippen molar-refractivity contribution in [3.05, 3.63) is 35.9 Å². The van der Waals surface area contributed by atoms with Crippen molar-refractivity contribution in [3.8, 4) is 0 Å². The first-order chi connectivity index (χ1) is 11.4. The topological polar surface area (TPSA) is 66.5 Å². The molecule has 0 spiro atoms. The van der Waals surface area contributed by atoms with Crippen molar-refractivity contribution in [2.45, 2.75) is 50.6 Å². The number of benzene rings is 1. The zero-order valence-electron chi connectivity index (χ0n) is 14.1. The molecule has 1 saturated carbocycles. The maximum absolute atomic E-state index is 12.8. The second-order valence-electron chi connectivity index (χ2n) is 7.20. The molecule has 0 unspecified atom stereocenters. The Morgan fingerprint density at radius 2 is 1.88 bits per heavy atom. The summed E-state index contributed by atoms with van der Waals surface area (Å²) in [7, 11) is -3.35. The minimum atomic E-state index is -3.35. The molecule has 2 saturated heterocycles. The van der Waals surface area contributed by atoms with Gasteiger partial charge in [-0.3, -0.25) is 4.79 Å². The van der Waals surface area contributed by atoms with Crippen molar-refractivity contribution in [3.63, 3.8) is 0 Å². The Labute approximate surface area is 144 Å². The Balaban J connectivity index is 1.67. The fraction of sp³-hybridized carbons (Fsp3) is 0.611. The van der Waals surface area contributed by atoms with Crippen LogP contribution in [0.4, 0.5) is 0 Å². The molecule has 132 valence electrons. The van der Waals surface area contributed by atoms with Gasteiger partial charge in [0.05, 0.1) is 6.26 Å². The van der Waals surface area contributed by atoms with Crippen LogP contribution < -0.4 is 4.72 Å². The van der Waals surface area contributed by atoms with Gasteiger partial charge in [0.15, 0.2) is 0 Å². The van der Waals surface area contributed by atoms with E-state index in [9.17, 15) is 13.2 Å². The van der Waals surface area contributed by atoms with Gasteiger partial charge in [0.1, 0.15) is 0 Å². The molecule has 1 aromatic carbocycles. The van der Waals surface area contributed by atoms with E-state index in [2.05, 4.69) is 4.72 Å². The van der Waals surface area contributed by atoms with Crippen LogP contribution in [0.15, 0.2) is 30.3 Å². The number of hydrogen-bond donors (Lipinski definition) is 1. The van der Waals surface area contributed by atoms with Gasteiger partial charge in [0, 0.05) is 25.0 Å². The third kappa shape index (κ3) is 4.57. The van der Waals surface area contributed by atoms with Gasteiger partial charge in [0.25, 0.3) is 0 Å². The second kappa shape index (κ2) is 7.23. The molecule has 3 fully saturated rings. The molecule has 3 aliphatic rings. The van der Waals surface area contributed by atoms with Gasteiger partial charge < -0.3 is 4.90 Å². The largest absolute Gasteiger partial charge is 0.339 e. The van der Waals surface area contributed by atoms with Crippen molar-refractivity contribution < 1.29 is 13.2 Å². The summed E-state index contributed by atoms with van der Waals surface area (Å²) in [5.41, 5.74) is 1.03. The first-order valence-corrected chi connectivity index (χ1v) is 10.6. The van der Waals surface area contributed by atoms with Crippen LogP contribution in [0.2, 0.25) is 0 Å². The number of rotatable bonds is 6. The fourth-order valence-electron chi connectivity index (χ4n) is 4.06. The van der Waals surface area contributed by atoms with Gasteiger partial charge in [0.2, 0.25) is 15.9 Å². The molecular formula is C18H26N2O3S. The van der Waals surface area contributed by atoms with Crippen molar-refractivity contribution in [2.24, 2.45) is 5.92 Å². The maximum atomic E-state index is 12.8. The molecule has 24 heavy (non-hydrogen) atoms. The van der Waals surface area contributed by atoms with Crippen LogP contribution in [0.1, 0.15) is 37.7 Å². The monoisotopic (exact) mass is 350 g/mol. The van der Waals surface area contributed by atoms with Crippen molar-refractivity contribution >= 4 is 15.9 Å². The summed E-state index contributed by atoms with van der Waals surface area (Å²) in [5.74, 6) is 0.718. The number of nitrogens with zero attached hydrogens (tertiary/aromatic N) is 1. The molecule has 1 amide bonds. The van der Waals surface area contributed by atoms with Crippen LogP contribution in [0.3, 0.4) is 0 Å². The van der Waals surface area contributed by atoms with E-state index in [1.165, 1.54) is 12.8 Å². The summed E-state index contributed by atoms with van der Waals surface area (Å²) < 4.78 is 26.0. The molecule has 0 aromatic heterocycles. The summed E-state index contributed by atoms with van der Waals surface area (Å²) >= 11 is 0. The number of carbonyl (C=O) groups is 1. The highest BCUT2D eigenvalue weighted by molar-refractivity contribution is 7.88. The maximum Gasteiger partial charge on any atom is 0.224 e. The summed E-state index contributed by atoms with van der Waals surface area (Å²) in [6.07, 6.45) is 6.55. The van der Waals surface area contributed by atoms with E-state index in [1.807, 2.05) is 35.2 Å². The molecule has 5 nitrogen and oxygen atoms in total. The van der Waals surface area contributed by atoms with E-state index in [-0.39, 0.29) is 12.3 Å². The molecule has 2 bridgehead atoms. The average Bonchev–Trinajstić information content (AvgIpc) is 2.55. The lowest BCUT2D eigenvalue weighted by Crippen LogP contribution is -2.52. The Kier molecular flexibility index (Phi) is 5.25. The van der Waals surface area contributed by atoms with E-state index in [1.54, 1.807) is 0 Å². The van der Waals surface area contributed by atoms with Crippen molar-refractivity contribution in [2.75, 3.05) is 12.8 Å². The molecule has 2 heterocycles. The molecule has 1 aromatic rings. The zero-order chi connectivity index (χ0) is 17.2. The highest BCUT2D eigenvalue weighted by atomic mass is 32.2. The Morgan fingerprint density at radius 3 is 2.42 bits per heavy atom. The van der Waals surface area contributed by atoms with Crippen LogP contribution >= 0.6 is 0 Å². The third-order valence-corrected chi connectivity index (χ3v) is 5.92. The SMILES string of the molecule is CS(=O)(=O)N[C@H](CC(=O)N1CC2CCC1CC2)Cc1ccccc1. The van der Waals surface area contributed by atoms with Crippen LogP contribution in [0.5, 0.6) is 0 Å². The minimum Gasteiger partial charge on any atom is -0.339 e. The quantitative estimate of drug-likeness (QED) is 0.853. The molecule has 1 aliphatic carbocycles. The average molecular weight is 350 g/mol. The first kappa shape index (κ1) is 17.4. The molecule has 2 aliphatic heterocycles. The number of piperidine rings is 2. The Hall–Kier alpha value is -1.40. The van der Waals surface area contributed by atoms with E-state index in [0.717, 1.165) is 31.2 Å². The standard InChI is InChI=1S/C18H26N2O3S/c1-24(22,23)19-16(11-14-5-3-2-4-6-14)12-18(21)20-13-15-7-9-17(20)10-8-15/h2-6,15-17,19H,7-13H2,1H3/t15?,16-,17?/m0/s1. The molecule has 6 heteroatoms. The Bertz CT molecular complexity index is 667. The van der Waals surface area contributed by atoms with Gasteiger partial charge in [-0.05, 0) is 43.6 Å². The van der Waals surface area contributed by atoms with Crippen molar-refractivity contribution in [1.29, 1.82) is 0 Å². The van der Waals surface area contributed by atoms with Crippen LogP contribution in [-0.2, 0) is 21.2 Å². The zero-order valence-corrected chi connectivity index (χ0v) is 15.0. The highest BCUT2D eigenvalue weighted by Gasteiger charge is 2.36. The molecule has 1 N–H and O–H groups in total. The Morgan fingerprint density at radius 1 is 1.21 bits per heavy atom. The van der Waals surface area contributed by atoms with Crippen LogP contribution in [0.25, 0.3) is 0 Å². The number of hydrogen-bond acceptors (Lipinski definition) is 3. The number of nitrogens with one attached hydrogen (secondary N) is 1. The summed E-state index contributed by atoms with van der Waals surface area (Å²) in [4.78, 5) is 14.8. The van der Waals surface area contributed by atoms with Gasteiger partial charge in [-0.15, -0.1) is 0 Å². The fourth-order valence-corrected chi connectivity index (χ4v) is 4.83. The summed E-state index contributed by atoms with van der Waals surface area (Å²) in [5, 5.41) is 0. The smallest absolute Gasteiger partial charge is 0.224 e. The van der Waals surface area contributed by atoms with Crippen LogP contribution in [0, 0.1) is 5.92 Å². The number of fused-ring (bicyclic) bond motifs is 3. The first-order valence-electron chi connectivity index (χ1n) is 8.71. The molecular weight excluding hydrogens is 324 g/mol. The molecule has 0 radical (unpaired) electrons. The predicted octanol–water partition coefficient (Wildman–Crippen LogP) is 1.94. The lowest BCUT2D eigenvalue weighted by atomic mass is 9.79. The van der Waals surface area contributed by atoms with Crippen molar-refractivity contribution in [1.82, 2.24) is 9.62 Å². The number of carbonyl (C=O) groups excluding carboxylic acids is 1. The van der Waals surface area contributed by atoms with Gasteiger partial charge in [-0.2, -0.15) is 0 Å². The van der Waals surface area contributed by atoms with E-state index in [4.69, 9.17) is 0 Å². The molecule has 1 atom stereocenters. The van der Waals surface area contributed by atoms with Gasteiger partial charge in [-0.25, -0.2) is 13.1 Å². The lowest BCUT2D eigenvalue weighted by Gasteiger charge is -2.45. The van der Waals surface area contributed by atoms with Gasteiger partial charge in [-0.1, -0.05) is 30.3 Å². The minimum absolute atomic E-state index is 0.0847. The third-order valence-electron chi connectivity index (χ3n) is 5.16. The van der Waals surface area contributed by atoms with Gasteiger partial charge >= 0.3 is 0 Å². The predicted molar refractivity (Wildman–Crippen MR) is 94.0 cm³/mol. The van der Waals surface area contributed by atoms with E-state index in [0.29, 0.717) is 18.4 Å². The van der Waals surface area contributed by atoms with E-state index < -0.39 is 16.1 Å². The summed E-state index contributed by atoms with van der Waals surface area (Å²) in [6, 6.07) is 9.68. The lowest BCUT2D eigenvalue weighted by molar-refractivity contribution is -0.139. The number of amides is 1.